The van der Waals surface area contributed by atoms with E-state index in [0.29, 0.717) is 12.0 Å². The van der Waals surface area contributed by atoms with Crippen molar-refractivity contribution in [1.82, 2.24) is 5.32 Å². The zero-order valence-electron chi connectivity index (χ0n) is 12.3. The highest BCUT2D eigenvalue weighted by molar-refractivity contribution is 6.30. The van der Waals surface area contributed by atoms with E-state index in [1.165, 1.54) is 12.1 Å². The molecule has 7 heteroatoms. The number of ether oxygens (including phenoxy) is 1. The molecule has 2 bridgehead atoms. The number of nitrogens with one attached hydrogen (secondary N) is 1. The maximum atomic E-state index is 13.6. The smallest absolute Gasteiger partial charge is 0.305 e. The normalized spacial score (nSPS) is 27.0. The van der Waals surface area contributed by atoms with E-state index >= 15 is 0 Å². The van der Waals surface area contributed by atoms with Crippen molar-refractivity contribution in [3.05, 3.63) is 34.6 Å². The summed E-state index contributed by atoms with van der Waals surface area (Å²) in [6.07, 6.45) is 2.19. The van der Waals surface area contributed by atoms with Crippen LogP contribution in [0.2, 0.25) is 5.02 Å². The number of aliphatic carboxylic acids is 1. The molecule has 0 saturated carbocycles. The minimum absolute atomic E-state index is 0.0457. The van der Waals surface area contributed by atoms with Crippen LogP contribution in [-0.2, 0) is 14.3 Å². The lowest BCUT2D eigenvalue weighted by molar-refractivity contribution is -0.138. The van der Waals surface area contributed by atoms with Crippen LogP contribution in [0.1, 0.15) is 37.3 Å². The van der Waals surface area contributed by atoms with Gasteiger partial charge in [-0.3, -0.25) is 9.59 Å². The summed E-state index contributed by atoms with van der Waals surface area (Å²) in [5.41, 5.74) is 0.381. The topological polar surface area (TPSA) is 75.6 Å². The lowest BCUT2D eigenvalue weighted by atomic mass is 9.88. The van der Waals surface area contributed by atoms with Gasteiger partial charge in [-0.25, -0.2) is 4.39 Å². The average molecular weight is 342 g/mol. The summed E-state index contributed by atoms with van der Waals surface area (Å²) >= 11 is 5.65. The number of benzene rings is 1. The molecule has 0 aliphatic carbocycles. The van der Waals surface area contributed by atoms with E-state index < -0.39 is 17.8 Å². The summed E-state index contributed by atoms with van der Waals surface area (Å²) in [7, 11) is 0. The van der Waals surface area contributed by atoms with Gasteiger partial charge in [-0.05, 0) is 37.0 Å². The fourth-order valence-electron chi connectivity index (χ4n) is 3.35. The molecule has 2 fully saturated rings. The van der Waals surface area contributed by atoms with Gasteiger partial charge in [0.2, 0.25) is 5.91 Å². The zero-order valence-corrected chi connectivity index (χ0v) is 13.1. The van der Waals surface area contributed by atoms with Crippen LogP contribution in [0.3, 0.4) is 0 Å². The average Bonchev–Trinajstić information content (AvgIpc) is 3.11. The fourth-order valence-corrected chi connectivity index (χ4v) is 3.47. The monoisotopic (exact) mass is 341 g/mol. The van der Waals surface area contributed by atoms with Crippen LogP contribution in [-0.4, -0.2) is 29.2 Å². The van der Waals surface area contributed by atoms with Crippen molar-refractivity contribution < 1.29 is 23.8 Å². The van der Waals surface area contributed by atoms with Crippen LogP contribution < -0.4 is 5.32 Å². The van der Waals surface area contributed by atoms with E-state index in [1.807, 2.05) is 0 Å². The number of hydrogen-bond acceptors (Lipinski definition) is 3. The number of carboxylic acids is 1. The first kappa shape index (κ1) is 16.2. The number of amides is 1. The van der Waals surface area contributed by atoms with Gasteiger partial charge in [-0.15, -0.1) is 0 Å². The Labute approximate surface area is 137 Å². The zero-order chi connectivity index (χ0) is 16.6. The number of carbonyl (C=O) groups excluding carboxylic acids is 1. The molecular formula is C16H17ClFNO4. The van der Waals surface area contributed by atoms with E-state index in [-0.39, 0.29) is 35.5 Å². The summed E-state index contributed by atoms with van der Waals surface area (Å²) < 4.78 is 19.3. The van der Waals surface area contributed by atoms with Crippen molar-refractivity contribution in [2.24, 2.45) is 5.92 Å². The van der Waals surface area contributed by atoms with Gasteiger partial charge in [0.05, 0.1) is 35.6 Å². The molecule has 23 heavy (non-hydrogen) atoms. The van der Waals surface area contributed by atoms with E-state index in [1.54, 1.807) is 0 Å². The number of carboxylic acid groups (broad SMARTS) is 1. The Kier molecular flexibility index (Phi) is 4.55. The van der Waals surface area contributed by atoms with Crippen molar-refractivity contribution in [3.8, 4) is 0 Å². The van der Waals surface area contributed by atoms with Crippen LogP contribution in [0.5, 0.6) is 0 Å². The second-order valence-electron chi connectivity index (χ2n) is 6.05. The molecule has 2 heterocycles. The van der Waals surface area contributed by atoms with Gasteiger partial charge < -0.3 is 15.2 Å². The first-order valence-corrected chi connectivity index (χ1v) is 7.94. The molecule has 0 spiro atoms. The molecule has 1 aromatic carbocycles. The first-order valence-electron chi connectivity index (χ1n) is 7.56. The third kappa shape index (κ3) is 3.48. The van der Waals surface area contributed by atoms with Gasteiger partial charge in [0.1, 0.15) is 5.82 Å². The summed E-state index contributed by atoms with van der Waals surface area (Å²) in [5, 5.41) is 11.7. The van der Waals surface area contributed by atoms with Gasteiger partial charge in [0.25, 0.3) is 0 Å². The highest BCUT2D eigenvalue weighted by Crippen LogP contribution is 2.39. The predicted molar refractivity (Wildman–Crippen MR) is 80.5 cm³/mol. The van der Waals surface area contributed by atoms with E-state index in [0.717, 1.165) is 18.9 Å². The Bertz CT molecular complexity index is 639. The molecular weight excluding hydrogens is 325 g/mol. The number of carbonyl (C=O) groups is 2. The van der Waals surface area contributed by atoms with Gasteiger partial charge in [-0.2, -0.15) is 0 Å². The van der Waals surface area contributed by atoms with E-state index in [4.69, 9.17) is 21.4 Å². The number of halogens is 2. The van der Waals surface area contributed by atoms with Crippen LogP contribution in [0.4, 0.5) is 4.39 Å². The molecule has 5 nitrogen and oxygen atoms in total. The van der Waals surface area contributed by atoms with Crippen LogP contribution >= 0.6 is 11.6 Å². The molecule has 2 N–H and O–H groups in total. The molecule has 1 amide bonds. The lowest BCUT2D eigenvalue weighted by Gasteiger charge is -2.23. The molecule has 2 aliphatic heterocycles. The molecule has 0 aromatic heterocycles. The van der Waals surface area contributed by atoms with E-state index in [9.17, 15) is 14.0 Å². The highest BCUT2D eigenvalue weighted by Gasteiger charge is 2.44. The molecule has 3 rings (SSSR count). The van der Waals surface area contributed by atoms with Gasteiger partial charge in [0.15, 0.2) is 0 Å². The van der Waals surface area contributed by atoms with Crippen molar-refractivity contribution in [2.45, 2.75) is 43.9 Å². The summed E-state index contributed by atoms with van der Waals surface area (Å²) in [6.45, 7) is 0. The predicted octanol–water partition coefficient (Wildman–Crippen LogP) is 2.68. The molecule has 1 aromatic rings. The van der Waals surface area contributed by atoms with E-state index in [2.05, 4.69) is 5.32 Å². The Morgan fingerprint density at radius 3 is 2.78 bits per heavy atom. The standard InChI is InChI=1S/C16H17ClFNO4/c17-11-3-1-8(5-12(11)18)13(7-15(20)21)19-16(22)10-6-9-2-4-14(10)23-9/h1,3,5,9-10,13-14H,2,4,6-7H2,(H,19,22)(H,20,21). The molecule has 4 unspecified atom stereocenters. The molecule has 0 radical (unpaired) electrons. The van der Waals surface area contributed by atoms with Crippen molar-refractivity contribution in [1.29, 1.82) is 0 Å². The van der Waals surface area contributed by atoms with Crippen molar-refractivity contribution in [3.63, 3.8) is 0 Å². The molecule has 4 atom stereocenters. The summed E-state index contributed by atoms with van der Waals surface area (Å²) in [5.74, 6) is -2.21. The van der Waals surface area contributed by atoms with Crippen LogP contribution in [0.15, 0.2) is 18.2 Å². The van der Waals surface area contributed by atoms with Crippen LogP contribution in [0, 0.1) is 11.7 Å². The minimum atomic E-state index is -1.07. The fraction of sp³-hybridized carbons (Fsp3) is 0.500. The highest BCUT2D eigenvalue weighted by atomic mass is 35.5. The number of rotatable bonds is 5. The Balaban J connectivity index is 1.75. The number of hydrogen-bond donors (Lipinski definition) is 2. The Hall–Kier alpha value is -1.66. The molecule has 124 valence electrons. The first-order chi connectivity index (χ1) is 10.9. The molecule has 2 aliphatic rings. The third-order valence-electron chi connectivity index (χ3n) is 4.48. The third-order valence-corrected chi connectivity index (χ3v) is 4.79. The largest absolute Gasteiger partial charge is 0.481 e. The maximum Gasteiger partial charge on any atom is 0.305 e. The minimum Gasteiger partial charge on any atom is -0.481 e. The van der Waals surface area contributed by atoms with Gasteiger partial charge >= 0.3 is 5.97 Å². The SMILES string of the molecule is O=C(O)CC(NC(=O)C1CC2CCC1O2)c1ccc(Cl)c(F)c1. The summed E-state index contributed by atoms with van der Waals surface area (Å²) in [6, 6.07) is 3.24. The molecule has 2 saturated heterocycles. The second-order valence-corrected chi connectivity index (χ2v) is 6.46. The quantitative estimate of drug-likeness (QED) is 0.863. The van der Waals surface area contributed by atoms with Gasteiger partial charge in [0, 0.05) is 0 Å². The maximum absolute atomic E-state index is 13.6. The Morgan fingerprint density at radius 2 is 2.22 bits per heavy atom. The van der Waals surface area contributed by atoms with Crippen molar-refractivity contribution in [2.75, 3.05) is 0 Å². The number of fused-ring (bicyclic) bond motifs is 2. The second kappa shape index (κ2) is 6.45. The van der Waals surface area contributed by atoms with Gasteiger partial charge in [-0.1, -0.05) is 17.7 Å². The Morgan fingerprint density at radius 1 is 1.43 bits per heavy atom. The van der Waals surface area contributed by atoms with Crippen LogP contribution in [0.25, 0.3) is 0 Å². The lowest BCUT2D eigenvalue weighted by Crippen LogP contribution is -2.38. The van der Waals surface area contributed by atoms with Crippen molar-refractivity contribution >= 4 is 23.5 Å². The summed E-state index contributed by atoms with van der Waals surface area (Å²) in [4.78, 5) is 23.5.